The van der Waals surface area contributed by atoms with Crippen molar-refractivity contribution in [2.45, 2.75) is 13.0 Å². The second kappa shape index (κ2) is 6.06. The highest BCUT2D eigenvalue weighted by Gasteiger charge is 2.07. The molecule has 0 heterocycles. The van der Waals surface area contributed by atoms with Gasteiger partial charge in [-0.1, -0.05) is 12.1 Å². The molecule has 2 aromatic rings. The lowest BCUT2D eigenvalue weighted by atomic mass is 10.1. The minimum atomic E-state index is -0.221. The van der Waals surface area contributed by atoms with Gasteiger partial charge in [0.15, 0.2) is 0 Å². The van der Waals surface area contributed by atoms with E-state index in [0.29, 0.717) is 0 Å². The molecule has 19 heavy (non-hydrogen) atoms. The van der Waals surface area contributed by atoms with Crippen LogP contribution in [0.5, 0.6) is 5.75 Å². The van der Waals surface area contributed by atoms with Crippen molar-refractivity contribution in [2.75, 3.05) is 12.4 Å². The fourth-order valence-electron chi connectivity index (χ4n) is 1.83. The predicted molar refractivity (Wildman–Crippen MR) is 79.1 cm³/mol. The lowest BCUT2D eigenvalue weighted by Gasteiger charge is -2.16. The fourth-order valence-corrected chi connectivity index (χ4v) is 2.24. The first-order chi connectivity index (χ1) is 9.10. The Morgan fingerprint density at radius 2 is 1.84 bits per heavy atom. The average Bonchev–Trinajstić information content (AvgIpc) is 2.41. The van der Waals surface area contributed by atoms with E-state index < -0.39 is 0 Å². The van der Waals surface area contributed by atoms with E-state index >= 15 is 0 Å². The highest BCUT2D eigenvalue weighted by atomic mass is 79.9. The van der Waals surface area contributed by atoms with Gasteiger partial charge in [0.25, 0.3) is 0 Å². The number of methoxy groups -OCH3 is 1. The summed E-state index contributed by atoms with van der Waals surface area (Å²) >= 11 is 3.42. The van der Waals surface area contributed by atoms with Gasteiger partial charge in [-0.3, -0.25) is 0 Å². The van der Waals surface area contributed by atoms with Crippen LogP contribution in [-0.4, -0.2) is 7.11 Å². The van der Waals surface area contributed by atoms with Crippen LogP contribution in [0.3, 0.4) is 0 Å². The van der Waals surface area contributed by atoms with Crippen LogP contribution in [0.2, 0.25) is 0 Å². The van der Waals surface area contributed by atoms with Gasteiger partial charge >= 0.3 is 0 Å². The molecule has 0 saturated carbocycles. The molecule has 2 nitrogen and oxygen atoms in total. The Balaban J connectivity index is 2.14. The standard InChI is InChI=1S/C15H15BrFNO/c1-10(11-3-5-12(17)6-4-11)18-13-7-8-14(16)15(9-13)19-2/h3-10,18H,1-2H3. The smallest absolute Gasteiger partial charge is 0.135 e. The second-order valence-corrected chi connectivity index (χ2v) is 5.12. The number of benzene rings is 2. The van der Waals surface area contributed by atoms with Crippen molar-refractivity contribution in [2.24, 2.45) is 0 Å². The van der Waals surface area contributed by atoms with Crippen LogP contribution in [0.1, 0.15) is 18.5 Å². The van der Waals surface area contributed by atoms with Gasteiger partial charge in [-0.25, -0.2) is 4.39 Å². The number of rotatable bonds is 4. The van der Waals surface area contributed by atoms with Gasteiger partial charge in [-0.05, 0) is 52.7 Å². The molecule has 0 radical (unpaired) electrons. The highest BCUT2D eigenvalue weighted by molar-refractivity contribution is 9.10. The topological polar surface area (TPSA) is 21.3 Å². The lowest BCUT2D eigenvalue weighted by Crippen LogP contribution is -2.06. The molecule has 2 rings (SSSR count). The number of anilines is 1. The number of ether oxygens (including phenoxy) is 1. The van der Waals surface area contributed by atoms with Crippen LogP contribution in [0, 0.1) is 5.82 Å². The number of halogens is 2. The van der Waals surface area contributed by atoms with Gasteiger partial charge in [-0.2, -0.15) is 0 Å². The molecule has 0 amide bonds. The molecule has 100 valence electrons. The molecule has 2 aromatic carbocycles. The molecule has 1 unspecified atom stereocenters. The third kappa shape index (κ3) is 3.47. The normalized spacial score (nSPS) is 12.0. The molecule has 0 aromatic heterocycles. The molecule has 0 bridgehead atoms. The highest BCUT2D eigenvalue weighted by Crippen LogP contribution is 2.29. The van der Waals surface area contributed by atoms with Crippen molar-refractivity contribution in [1.82, 2.24) is 0 Å². The van der Waals surface area contributed by atoms with E-state index in [9.17, 15) is 4.39 Å². The Bertz CT molecular complexity index is 557. The van der Waals surface area contributed by atoms with E-state index in [1.807, 2.05) is 25.1 Å². The summed E-state index contributed by atoms with van der Waals surface area (Å²) in [5.74, 6) is 0.553. The van der Waals surface area contributed by atoms with Crippen molar-refractivity contribution in [3.8, 4) is 5.75 Å². The molecule has 1 N–H and O–H groups in total. The quantitative estimate of drug-likeness (QED) is 0.875. The zero-order valence-electron chi connectivity index (χ0n) is 10.8. The number of hydrogen-bond acceptors (Lipinski definition) is 2. The number of hydrogen-bond donors (Lipinski definition) is 1. The summed E-state index contributed by atoms with van der Waals surface area (Å²) in [7, 11) is 1.63. The van der Waals surface area contributed by atoms with Gasteiger partial charge in [0.1, 0.15) is 11.6 Å². The summed E-state index contributed by atoms with van der Waals surface area (Å²) in [6.45, 7) is 2.03. The molecular weight excluding hydrogens is 309 g/mol. The molecule has 4 heteroatoms. The lowest BCUT2D eigenvalue weighted by molar-refractivity contribution is 0.412. The minimum absolute atomic E-state index is 0.0893. The Morgan fingerprint density at radius 3 is 2.47 bits per heavy atom. The van der Waals surface area contributed by atoms with Crippen LogP contribution in [0.4, 0.5) is 10.1 Å². The van der Waals surface area contributed by atoms with Crippen molar-refractivity contribution in [1.29, 1.82) is 0 Å². The SMILES string of the molecule is COc1cc(NC(C)c2ccc(F)cc2)ccc1Br. The van der Waals surface area contributed by atoms with Crippen molar-refractivity contribution >= 4 is 21.6 Å². The van der Waals surface area contributed by atoms with E-state index in [0.717, 1.165) is 21.5 Å². The first-order valence-electron chi connectivity index (χ1n) is 5.95. The Morgan fingerprint density at radius 1 is 1.16 bits per heavy atom. The van der Waals surface area contributed by atoms with E-state index in [2.05, 4.69) is 21.2 Å². The summed E-state index contributed by atoms with van der Waals surface area (Å²) < 4.78 is 19.0. The second-order valence-electron chi connectivity index (χ2n) is 4.27. The fraction of sp³-hybridized carbons (Fsp3) is 0.200. The molecule has 1 atom stereocenters. The molecular formula is C15H15BrFNO. The zero-order chi connectivity index (χ0) is 13.8. The molecule has 0 aliphatic rings. The van der Waals surface area contributed by atoms with E-state index in [1.54, 1.807) is 19.2 Å². The Kier molecular flexibility index (Phi) is 4.43. The first kappa shape index (κ1) is 13.9. The summed E-state index contributed by atoms with van der Waals surface area (Å²) in [5.41, 5.74) is 1.99. The Labute approximate surface area is 120 Å². The summed E-state index contributed by atoms with van der Waals surface area (Å²) in [5, 5.41) is 3.36. The van der Waals surface area contributed by atoms with Gasteiger partial charge in [0.2, 0.25) is 0 Å². The van der Waals surface area contributed by atoms with Crippen LogP contribution >= 0.6 is 15.9 Å². The van der Waals surface area contributed by atoms with Crippen LogP contribution in [0.15, 0.2) is 46.9 Å². The maximum absolute atomic E-state index is 12.9. The van der Waals surface area contributed by atoms with E-state index in [-0.39, 0.29) is 11.9 Å². The maximum Gasteiger partial charge on any atom is 0.135 e. The van der Waals surface area contributed by atoms with Crippen molar-refractivity contribution < 1.29 is 9.13 Å². The van der Waals surface area contributed by atoms with E-state index in [1.165, 1.54) is 12.1 Å². The minimum Gasteiger partial charge on any atom is -0.495 e. The van der Waals surface area contributed by atoms with Gasteiger partial charge in [0, 0.05) is 17.8 Å². The Hall–Kier alpha value is -1.55. The summed E-state index contributed by atoms with van der Waals surface area (Å²) in [4.78, 5) is 0. The van der Waals surface area contributed by atoms with Crippen LogP contribution in [-0.2, 0) is 0 Å². The third-order valence-electron chi connectivity index (χ3n) is 2.90. The molecule has 0 spiro atoms. The molecule has 0 aliphatic heterocycles. The first-order valence-corrected chi connectivity index (χ1v) is 6.75. The average molecular weight is 324 g/mol. The molecule has 0 fully saturated rings. The molecule has 0 aliphatic carbocycles. The van der Waals surface area contributed by atoms with Crippen LogP contribution < -0.4 is 10.1 Å². The zero-order valence-corrected chi connectivity index (χ0v) is 12.4. The van der Waals surface area contributed by atoms with E-state index in [4.69, 9.17) is 4.74 Å². The van der Waals surface area contributed by atoms with Crippen molar-refractivity contribution in [3.63, 3.8) is 0 Å². The van der Waals surface area contributed by atoms with Gasteiger partial charge < -0.3 is 10.1 Å². The van der Waals surface area contributed by atoms with Crippen LogP contribution in [0.25, 0.3) is 0 Å². The monoisotopic (exact) mass is 323 g/mol. The van der Waals surface area contributed by atoms with Gasteiger partial charge in [0.05, 0.1) is 11.6 Å². The molecule has 0 saturated heterocycles. The summed E-state index contributed by atoms with van der Waals surface area (Å²) in [6.07, 6.45) is 0. The largest absolute Gasteiger partial charge is 0.495 e. The number of nitrogens with one attached hydrogen (secondary N) is 1. The van der Waals surface area contributed by atoms with Crippen molar-refractivity contribution in [3.05, 3.63) is 58.3 Å². The maximum atomic E-state index is 12.9. The third-order valence-corrected chi connectivity index (χ3v) is 3.56. The van der Waals surface area contributed by atoms with Gasteiger partial charge in [-0.15, -0.1) is 0 Å². The predicted octanol–water partition coefficient (Wildman–Crippen LogP) is 4.77. The summed E-state index contributed by atoms with van der Waals surface area (Å²) in [6, 6.07) is 12.4.